The van der Waals surface area contributed by atoms with Crippen LogP contribution >= 0.6 is 0 Å². The number of fused-ring (bicyclic) bond motifs is 1. The summed E-state index contributed by atoms with van der Waals surface area (Å²) in [6.07, 6.45) is 3.71. The molecule has 1 atom stereocenters. The second kappa shape index (κ2) is 5.96. The number of methoxy groups -OCH3 is 1. The van der Waals surface area contributed by atoms with Crippen LogP contribution in [-0.2, 0) is 10.3 Å². The molecule has 2 heterocycles. The molecule has 2 aliphatic rings. The zero-order valence-electron chi connectivity index (χ0n) is 14.5. The third kappa shape index (κ3) is 2.58. The Kier molecular flexibility index (Phi) is 3.75. The minimum absolute atomic E-state index is 0.272. The third-order valence-electron chi connectivity index (χ3n) is 5.13. The lowest BCUT2D eigenvalue weighted by Crippen LogP contribution is -2.46. The highest BCUT2D eigenvalue weighted by Crippen LogP contribution is 2.45. The molecule has 4 nitrogen and oxygen atoms in total. The maximum absolute atomic E-state index is 12.7. The average Bonchev–Trinajstić information content (AvgIpc) is 3.08. The minimum Gasteiger partial charge on any atom is -0.497 e. The normalized spacial score (nSPS) is 22.2. The van der Waals surface area contributed by atoms with E-state index in [-0.39, 0.29) is 6.09 Å². The van der Waals surface area contributed by atoms with E-state index in [2.05, 4.69) is 37.3 Å². The van der Waals surface area contributed by atoms with Crippen LogP contribution in [0.5, 0.6) is 5.75 Å². The molecule has 2 aliphatic heterocycles. The van der Waals surface area contributed by atoms with E-state index in [0.717, 1.165) is 36.3 Å². The van der Waals surface area contributed by atoms with Crippen LogP contribution in [0.25, 0.3) is 5.76 Å². The van der Waals surface area contributed by atoms with Gasteiger partial charge in [-0.05, 0) is 55.7 Å². The summed E-state index contributed by atoms with van der Waals surface area (Å²) in [5, 5.41) is 0. The van der Waals surface area contributed by atoms with Crippen LogP contribution in [-0.4, -0.2) is 24.6 Å². The van der Waals surface area contributed by atoms with Crippen molar-refractivity contribution in [1.29, 1.82) is 0 Å². The Morgan fingerprint density at radius 3 is 2.48 bits per heavy atom. The molecule has 4 heteroatoms. The number of hydrogen-bond donors (Lipinski definition) is 0. The number of amides is 1. The van der Waals surface area contributed by atoms with Crippen molar-refractivity contribution < 1.29 is 14.3 Å². The largest absolute Gasteiger partial charge is 0.497 e. The number of carbonyl (C=O) groups excluding carboxylic acids is 1. The number of cyclic esters (lactones) is 1. The summed E-state index contributed by atoms with van der Waals surface area (Å²) >= 11 is 0. The second-order valence-electron chi connectivity index (χ2n) is 6.65. The molecule has 0 radical (unpaired) electrons. The number of hydrogen-bond acceptors (Lipinski definition) is 3. The summed E-state index contributed by atoms with van der Waals surface area (Å²) < 4.78 is 10.8. The van der Waals surface area contributed by atoms with Crippen LogP contribution in [0.15, 0.2) is 54.6 Å². The Morgan fingerprint density at radius 1 is 1.08 bits per heavy atom. The van der Waals surface area contributed by atoms with Crippen molar-refractivity contribution in [3.8, 4) is 5.75 Å². The summed E-state index contributed by atoms with van der Waals surface area (Å²) in [6.45, 7) is 2.79. The highest BCUT2D eigenvalue weighted by Gasteiger charge is 2.48. The molecule has 0 unspecified atom stereocenters. The molecule has 0 aromatic heterocycles. The van der Waals surface area contributed by atoms with Gasteiger partial charge in [0.25, 0.3) is 0 Å². The Balaban J connectivity index is 1.81. The number of ether oxygens (including phenoxy) is 2. The Labute approximate surface area is 147 Å². The van der Waals surface area contributed by atoms with Gasteiger partial charge in [0.15, 0.2) is 0 Å². The first-order chi connectivity index (χ1) is 12.1. The molecule has 25 heavy (non-hydrogen) atoms. The maximum atomic E-state index is 12.7. The van der Waals surface area contributed by atoms with Crippen molar-refractivity contribution in [2.24, 2.45) is 0 Å². The fourth-order valence-electron chi connectivity index (χ4n) is 3.76. The van der Waals surface area contributed by atoms with Crippen LogP contribution in [0.1, 0.15) is 29.5 Å². The molecule has 2 aromatic carbocycles. The van der Waals surface area contributed by atoms with Gasteiger partial charge in [0.1, 0.15) is 11.5 Å². The van der Waals surface area contributed by atoms with E-state index in [1.807, 2.05) is 29.2 Å². The van der Waals surface area contributed by atoms with E-state index in [1.165, 1.54) is 5.56 Å². The van der Waals surface area contributed by atoms with Gasteiger partial charge in [0, 0.05) is 12.1 Å². The SMILES string of the molecule is COc1ccc(C2=C[C@]3(c4ccc(C)cc4)CCCN3C(=O)O2)cc1. The molecule has 1 saturated heterocycles. The molecule has 0 N–H and O–H groups in total. The van der Waals surface area contributed by atoms with Gasteiger partial charge in [-0.1, -0.05) is 29.8 Å². The lowest BCUT2D eigenvalue weighted by atomic mass is 9.85. The summed E-state index contributed by atoms with van der Waals surface area (Å²) in [5.41, 5.74) is 2.81. The number of aryl methyl sites for hydroxylation is 1. The lowest BCUT2D eigenvalue weighted by molar-refractivity contribution is 0.106. The molecule has 128 valence electrons. The van der Waals surface area contributed by atoms with Crippen LogP contribution in [0.2, 0.25) is 0 Å². The van der Waals surface area contributed by atoms with Gasteiger partial charge in [-0.2, -0.15) is 0 Å². The molecular weight excluding hydrogens is 314 g/mol. The highest BCUT2D eigenvalue weighted by atomic mass is 16.6. The Bertz CT molecular complexity index is 823. The van der Waals surface area contributed by atoms with Gasteiger partial charge in [0.2, 0.25) is 0 Å². The van der Waals surface area contributed by atoms with Gasteiger partial charge in [0.05, 0.1) is 12.6 Å². The summed E-state index contributed by atoms with van der Waals surface area (Å²) in [7, 11) is 1.64. The number of rotatable bonds is 3. The van der Waals surface area contributed by atoms with Crippen molar-refractivity contribution >= 4 is 11.9 Å². The molecular formula is C21H21NO3. The van der Waals surface area contributed by atoms with Gasteiger partial charge in [-0.3, -0.25) is 4.90 Å². The predicted molar refractivity (Wildman–Crippen MR) is 96.2 cm³/mol. The molecule has 0 spiro atoms. The van der Waals surface area contributed by atoms with Crippen molar-refractivity contribution in [1.82, 2.24) is 4.90 Å². The number of benzene rings is 2. The van der Waals surface area contributed by atoms with Gasteiger partial charge in [-0.25, -0.2) is 4.79 Å². The first-order valence-corrected chi connectivity index (χ1v) is 8.56. The predicted octanol–water partition coefficient (Wildman–Crippen LogP) is 4.49. The standard InChI is InChI=1S/C21H21NO3/c1-15-4-8-17(9-5-15)21-12-3-13-22(21)20(23)25-19(14-21)16-6-10-18(24-2)11-7-16/h4-11,14H,3,12-13H2,1-2H3/t21-/m0/s1. The van der Waals surface area contributed by atoms with Gasteiger partial charge < -0.3 is 9.47 Å². The number of carbonyl (C=O) groups is 1. The monoisotopic (exact) mass is 335 g/mol. The molecule has 0 bridgehead atoms. The third-order valence-corrected chi connectivity index (χ3v) is 5.13. The van der Waals surface area contributed by atoms with Crippen LogP contribution in [0, 0.1) is 6.92 Å². The molecule has 0 aliphatic carbocycles. The van der Waals surface area contributed by atoms with E-state index < -0.39 is 5.54 Å². The lowest BCUT2D eigenvalue weighted by Gasteiger charge is -2.40. The molecule has 1 amide bonds. The first kappa shape index (κ1) is 15.8. The smallest absolute Gasteiger partial charge is 0.416 e. The fraction of sp³-hybridized carbons (Fsp3) is 0.286. The summed E-state index contributed by atoms with van der Waals surface area (Å²) in [6, 6.07) is 16.0. The van der Waals surface area contributed by atoms with E-state index in [4.69, 9.17) is 9.47 Å². The first-order valence-electron chi connectivity index (χ1n) is 8.56. The van der Waals surface area contributed by atoms with Crippen molar-refractivity contribution in [3.05, 3.63) is 71.3 Å². The zero-order valence-corrected chi connectivity index (χ0v) is 14.5. The molecule has 1 fully saturated rings. The summed E-state index contributed by atoms with van der Waals surface area (Å²) in [4.78, 5) is 14.5. The Morgan fingerprint density at radius 2 is 1.80 bits per heavy atom. The quantitative estimate of drug-likeness (QED) is 0.830. The zero-order chi connectivity index (χ0) is 17.4. The minimum atomic E-state index is -0.418. The van der Waals surface area contributed by atoms with E-state index in [0.29, 0.717) is 5.76 Å². The topological polar surface area (TPSA) is 38.8 Å². The van der Waals surface area contributed by atoms with Crippen LogP contribution < -0.4 is 4.74 Å². The van der Waals surface area contributed by atoms with E-state index in [1.54, 1.807) is 7.11 Å². The van der Waals surface area contributed by atoms with E-state index >= 15 is 0 Å². The van der Waals surface area contributed by atoms with E-state index in [9.17, 15) is 4.79 Å². The highest BCUT2D eigenvalue weighted by molar-refractivity contribution is 5.82. The maximum Gasteiger partial charge on any atom is 0.416 e. The van der Waals surface area contributed by atoms with Crippen molar-refractivity contribution in [3.63, 3.8) is 0 Å². The van der Waals surface area contributed by atoms with Gasteiger partial charge >= 0.3 is 6.09 Å². The molecule has 2 aromatic rings. The molecule has 0 saturated carbocycles. The van der Waals surface area contributed by atoms with Gasteiger partial charge in [-0.15, -0.1) is 0 Å². The fourth-order valence-corrected chi connectivity index (χ4v) is 3.76. The number of nitrogens with zero attached hydrogens (tertiary/aromatic N) is 1. The average molecular weight is 335 g/mol. The van der Waals surface area contributed by atoms with Crippen LogP contribution in [0.4, 0.5) is 4.79 Å². The van der Waals surface area contributed by atoms with Crippen molar-refractivity contribution in [2.75, 3.05) is 13.7 Å². The second-order valence-corrected chi connectivity index (χ2v) is 6.65. The van der Waals surface area contributed by atoms with Crippen LogP contribution in [0.3, 0.4) is 0 Å². The summed E-state index contributed by atoms with van der Waals surface area (Å²) in [5.74, 6) is 1.40. The van der Waals surface area contributed by atoms with Crippen molar-refractivity contribution in [2.45, 2.75) is 25.3 Å². The molecule has 4 rings (SSSR count). The Hall–Kier alpha value is -2.75.